The second-order valence-corrected chi connectivity index (χ2v) is 5.80. The summed E-state index contributed by atoms with van der Waals surface area (Å²) in [4.78, 5) is 23.7. The fourth-order valence-corrected chi connectivity index (χ4v) is 2.37. The van der Waals surface area contributed by atoms with Gasteiger partial charge in [-0.05, 0) is 54.1 Å². The highest BCUT2D eigenvalue weighted by Crippen LogP contribution is 2.15. The third-order valence-corrected chi connectivity index (χ3v) is 3.28. The Morgan fingerprint density at radius 2 is 1.59 bits per heavy atom. The summed E-state index contributed by atoms with van der Waals surface area (Å²) in [5.74, 6) is -0.886. The van der Waals surface area contributed by atoms with Crippen molar-refractivity contribution < 1.29 is 23.8 Å². The Hall–Kier alpha value is -1.15. The summed E-state index contributed by atoms with van der Waals surface area (Å²) in [5.41, 5.74) is 0.705. The highest BCUT2D eigenvalue weighted by Gasteiger charge is 2.14. The smallest absolute Gasteiger partial charge is 0.338 e. The number of rotatable bonds is 9. The largest absolute Gasteiger partial charge is 0.462 e. The third kappa shape index (κ3) is 6.74. The van der Waals surface area contributed by atoms with E-state index in [1.54, 1.807) is 19.1 Å². The van der Waals surface area contributed by atoms with Gasteiger partial charge in [-0.1, -0.05) is 6.92 Å². The minimum absolute atomic E-state index is 0.293. The van der Waals surface area contributed by atoms with Gasteiger partial charge in [0.25, 0.3) is 0 Å². The van der Waals surface area contributed by atoms with Crippen LogP contribution in [0.5, 0.6) is 0 Å². The SMILES string of the molecule is CCCOCCCOC(=O)c1cc(I)cc(C(=O)OCC)c1. The molecule has 0 spiro atoms. The van der Waals surface area contributed by atoms with Gasteiger partial charge in [-0.3, -0.25) is 0 Å². The molecule has 0 unspecified atom stereocenters. The van der Waals surface area contributed by atoms with Gasteiger partial charge in [0.2, 0.25) is 0 Å². The summed E-state index contributed by atoms with van der Waals surface area (Å²) in [5, 5.41) is 0. The predicted molar refractivity (Wildman–Crippen MR) is 91.1 cm³/mol. The first-order valence-electron chi connectivity index (χ1n) is 7.31. The summed E-state index contributed by atoms with van der Waals surface area (Å²) < 4.78 is 16.2. The van der Waals surface area contributed by atoms with Gasteiger partial charge in [-0.25, -0.2) is 9.59 Å². The fourth-order valence-electron chi connectivity index (χ4n) is 1.70. The number of ether oxygens (including phenoxy) is 3. The lowest BCUT2D eigenvalue weighted by Crippen LogP contribution is -2.11. The van der Waals surface area contributed by atoms with Crippen LogP contribution in [0.25, 0.3) is 0 Å². The van der Waals surface area contributed by atoms with Crippen LogP contribution in [0.15, 0.2) is 18.2 Å². The van der Waals surface area contributed by atoms with E-state index in [1.807, 2.05) is 6.92 Å². The van der Waals surface area contributed by atoms with E-state index >= 15 is 0 Å². The Morgan fingerprint density at radius 3 is 2.18 bits per heavy atom. The zero-order valence-electron chi connectivity index (χ0n) is 12.9. The minimum atomic E-state index is -0.445. The number of carbonyl (C=O) groups excluding carboxylic acids is 2. The van der Waals surface area contributed by atoms with Crippen molar-refractivity contribution in [2.24, 2.45) is 0 Å². The van der Waals surface area contributed by atoms with Crippen LogP contribution in [0.3, 0.4) is 0 Å². The van der Waals surface area contributed by atoms with Gasteiger partial charge in [0, 0.05) is 23.2 Å². The van der Waals surface area contributed by atoms with Crippen LogP contribution in [0.4, 0.5) is 0 Å². The fraction of sp³-hybridized carbons (Fsp3) is 0.500. The maximum absolute atomic E-state index is 12.0. The van der Waals surface area contributed by atoms with Crippen molar-refractivity contribution in [1.82, 2.24) is 0 Å². The summed E-state index contributed by atoms with van der Waals surface area (Å²) in [7, 11) is 0. The quantitative estimate of drug-likeness (QED) is 0.348. The number of hydrogen-bond acceptors (Lipinski definition) is 5. The van der Waals surface area contributed by atoms with Crippen LogP contribution in [-0.4, -0.2) is 38.4 Å². The lowest BCUT2D eigenvalue weighted by molar-refractivity contribution is 0.0446. The molecule has 6 heteroatoms. The van der Waals surface area contributed by atoms with Crippen molar-refractivity contribution in [2.45, 2.75) is 26.7 Å². The highest BCUT2D eigenvalue weighted by atomic mass is 127. The number of esters is 2. The molecule has 0 aliphatic carbocycles. The first-order chi connectivity index (χ1) is 10.6. The first kappa shape index (κ1) is 18.9. The molecule has 122 valence electrons. The second-order valence-electron chi connectivity index (χ2n) is 4.55. The Kier molecular flexibility index (Phi) is 9.07. The molecule has 22 heavy (non-hydrogen) atoms. The van der Waals surface area contributed by atoms with Crippen LogP contribution in [-0.2, 0) is 14.2 Å². The van der Waals surface area contributed by atoms with E-state index in [0.29, 0.717) is 44.0 Å². The van der Waals surface area contributed by atoms with Gasteiger partial charge < -0.3 is 14.2 Å². The van der Waals surface area contributed by atoms with Crippen LogP contribution < -0.4 is 0 Å². The summed E-state index contributed by atoms with van der Waals surface area (Å²) in [6, 6.07) is 4.85. The predicted octanol–water partition coefficient (Wildman–Crippen LogP) is 3.44. The molecule has 1 rings (SSSR count). The van der Waals surface area contributed by atoms with E-state index in [1.165, 1.54) is 6.07 Å². The maximum Gasteiger partial charge on any atom is 0.338 e. The van der Waals surface area contributed by atoms with Crippen LogP contribution in [0, 0.1) is 3.57 Å². The van der Waals surface area contributed by atoms with Crippen molar-refractivity contribution in [3.05, 3.63) is 32.9 Å². The Balaban J connectivity index is 2.56. The van der Waals surface area contributed by atoms with E-state index < -0.39 is 11.9 Å². The van der Waals surface area contributed by atoms with Crippen LogP contribution in [0.2, 0.25) is 0 Å². The zero-order valence-corrected chi connectivity index (χ0v) is 15.1. The molecule has 0 radical (unpaired) electrons. The van der Waals surface area contributed by atoms with Crippen molar-refractivity contribution in [2.75, 3.05) is 26.4 Å². The van der Waals surface area contributed by atoms with E-state index in [0.717, 1.165) is 9.99 Å². The first-order valence-corrected chi connectivity index (χ1v) is 8.39. The standard InChI is InChI=1S/C16H21IO5/c1-3-6-20-7-5-8-22-16(19)13-9-12(10-14(17)11-13)15(18)21-4-2/h9-11H,3-8H2,1-2H3. The normalized spacial score (nSPS) is 10.3. The number of carbonyl (C=O) groups is 2. The molecule has 0 amide bonds. The van der Waals surface area contributed by atoms with Crippen molar-refractivity contribution in [1.29, 1.82) is 0 Å². The van der Waals surface area contributed by atoms with E-state index in [2.05, 4.69) is 22.6 Å². The monoisotopic (exact) mass is 420 g/mol. The molecule has 1 aromatic rings. The van der Waals surface area contributed by atoms with E-state index in [9.17, 15) is 9.59 Å². The van der Waals surface area contributed by atoms with E-state index in [4.69, 9.17) is 14.2 Å². The van der Waals surface area contributed by atoms with Gasteiger partial charge >= 0.3 is 11.9 Å². The molecule has 0 aromatic heterocycles. The Bertz CT molecular complexity index is 501. The molecule has 5 nitrogen and oxygen atoms in total. The van der Waals surface area contributed by atoms with Gasteiger partial charge in [0.05, 0.1) is 24.3 Å². The molecule has 0 bridgehead atoms. The molecule has 0 aliphatic heterocycles. The molecular weight excluding hydrogens is 399 g/mol. The summed E-state index contributed by atoms with van der Waals surface area (Å²) in [6.07, 6.45) is 1.62. The summed E-state index contributed by atoms with van der Waals surface area (Å²) >= 11 is 2.05. The number of halogens is 1. The Labute approximate surface area is 144 Å². The average Bonchev–Trinajstić information content (AvgIpc) is 2.50. The number of hydrogen-bond donors (Lipinski definition) is 0. The zero-order chi connectivity index (χ0) is 16.4. The molecule has 0 heterocycles. The maximum atomic E-state index is 12.0. The molecular formula is C16H21IO5. The molecule has 1 aromatic carbocycles. The molecule has 0 N–H and O–H groups in total. The lowest BCUT2D eigenvalue weighted by Gasteiger charge is -2.08. The van der Waals surface area contributed by atoms with Crippen LogP contribution in [0.1, 0.15) is 47.4 Å². The van der Waals surface area contributed by atoms with Crippen molar-refractivity contribution in [3.63, 3.8) is 0 Å². The topological polar surface area (TPSA) is 61.8 Å². The van der Waals surface area contributed by atoms with Gasteiger partial charge in [0.15, 0.2) is 0 Å². The van der Waals surface area contributed by atoms with Crippen LogP contribution >= 0.6 is 22.6 Å². The highest BCUT2D eigenvalue weighted by molar-refractivity contribution is 14.1. The van der Waals surface area contributed by atoms with Crippen molar-refractivity contribution >= 4 is 34.5 Å². The third-order valence-electron chi connectivity index (χ3n) is 2.66. The molecule has 0 saturated carbocycles. The molecule has 0 fully saturated rings. The summed E-state index contributed by atoms with van der Waals surface area (Å²) in [6.45, 7) is 5.65. The average molecular weight is 420 g/mol. The van der Waals surface area contributed by atoms with Crippen molar-refractivity contribution in [3.8, 4) is 0 Å². The molecule has 0 atom stereocenters. The molecule has 0 saturated heterocycles. The molecule has 0 aliphatic rings. The van der Waals surface area contributed by atoms with Gasteiger partial charge in [-0.15, -0.1) is 0 Å². The van der Waals surface area contributed by atoms with Gasteiger partial charge in [-0.2, -0.15) is 0 Å². The van der Waals surface area contributed by atoms with Gasteiger partial charge in [0.1, 0.15) is 0 Å². The number of benzene rings is 1. The second kappa shape index (κ2) is 10.6. The Morgan fingerprint density at radius 1 is 0.955 bits per heavy atom. The van der Waals surface area contributed by atoms with E-state index in [-0.39, 0.29) is 0 Å². The minimum Gasteiger partial charge on any atom is -0.462 e. The lowest BCUT2D eigenvalue weighted by atomic mass is 10.1.